The van der Waals surface area contributed by atoms with Gasteiger partial charge in [0.1, 0.15) is 5.82 Å². The fourth-order valence-corrected chi connectivity index (χ4v) is 5.22. The minimum absolute atomic E-state index is 0.0196. The van der Waals surface area contributed by atoms with Gasteiger partial charge in [0.15, 0.2) is 0 Å². The number of hydrogen-bond donors (Lipinski definition) is 3. The maximum atomic E-state index is 13.1. The number of nitrogens with two attached hydrogens (primary N) is 1. The van der Waals surface area contributed by atoms with Crippen molar-refractivity contribution in [3.63, 3.8) is 0 Å². The molecule has 0 radical (unpaired) electrons. The van der Waals surface area contributed by atoms with Crippen LogP contribution in [0, 0.1) is 0 Å². The van der Waals surface area contributed by atoms with Crippen LogP contribution in [0.1, 0.15) is 41.2 Å². The molecule has 2 aliphatic rings. The van der Waals surface area contributed by atoms with Gasteiger partial charge in [-0.3, -0.25) is 14.4 Å². The quantitative estimate of drug-likeness (QED) is 0.463. The maximum Gasteiger partial charge on any atom is 0.255 e. The molecule has 4 N–H and O–H groups in total. The minimum Gasteiger partial charge on any atom is -0.383 e. The number of halogens is 2. The van der Waals surface area contributed by atoms with Crippen LogP contribution in [-0.2, 0) is 6.54 Å². The summed E-state index contributed by atoms with van der Waals surface area (Å²) in [5.74, 6) is 0.00722. The highest BCUT2D eigenvalue weighted by atomic mass is 35.5. The summed E-state index contributed by atoms with van der Waals surface area (Å²) in [6.45, 7) is 4.27. The number of likely N-dealkylation sites (tertiary alicyclic amines) is 1. The average molecular weight is 514 g/mol. The Labute approximate surface area is 214 Å². The zero-order valence-corrected chi connectivity index (χ0v) is 20.9. The van der Waals surface area contributed by atoms with Gasteiger partial charge in [0, 0.05) is 49.2 Å². The molecule has 0 aliphatic carbocycles. The van der Waals surface area contributed by atoms with Crippen molar-refractivity contribution in [1.82, 2.24) is 30.3 Å². The molecule has 2 aromatic heterocycles. The Morgan fingerprint density at radius 2 is 2.00 bits per heavy atom. The number of amides is 1. The molecule has 4 heterocycles. The second-order valence-corrected chi connectivity index (χ2v) is 10.0. The van der Waals surface area contributed by atoms with Crippen LogP contribution in [0.3, 0.4) is 0 Å². The second-order valence-electron chi connectivity index (χ2n) is 9.25. The smallest absolute Gasteiger partial charge is 0.255 e. The molecule has 10 heteroatoms. The van der Waals surface area contributed by atoms with Crippen LogP contribution >= 0.6 is 23.2 Å². The molecular weight excluding hydrogens is 485 g/mol. The predicted octanol–water partition coefficient (Wildman–Crippen LogP) is 3.76. The monoisotopic (exact) mass is 513 g/mol. The van der Waals surface area contributed by atoms with E-state index in [1.807, 2.05) is 29.2 Å². The third kappa shape index (κ3) is 5.46. The van der Waals surface area contributed by atoms with Gasteiger partial charge >= 0.3 is 0 Å². The number of benzene rings is 1. The average Bonchev–Trinajstić information content (AvgIpc) is 3.53. The zero-order chi connectivity index (χ0) is 24.4. The Balaban J connectivity index is 1.23. The van der Waals surface area contributed by atoms with Crippen molar-refractivity contribution in [2.75, 3.05) is 31.9 Å². The van der Waals surface area contributed by atoms with E-state index in [1.165, 1.54) is 0 Å². The van der Waals surface area contributed by atoms with E-state index in [-0.39, 0.29) is 17.8 Å². The molecule has 0 unspecified atom stereocenters. The normalized spacial score (nSPS) is 19.2. The van der Waals surface area contributed by atoms with Gasteiger partial charge in [-0.15, -0.1) is 0 Å². The van der Waals surface area contributed by atoms with Gasteiger partial charge in [-0.25, -0.2) is 4.98 Å². The van der Waals surface area contributed by atoms with E-state index in [2.05, 4.69) is 25.6 Å². The molecule has 2 saturated heterocycles. The van der Waals surface area contributed by atoms with Crippen molar-refractivity contribution in [2.24, 2.45) is 0 Å². The Morgan fingerprint density at radius 3 is 2.83 bits per heavy atom. The van der Waals surface area contributed by atoms with Gasteiger partial charge in [-0.05, 0) is 50.0 Å². The second kappa shape index (κ2) is 10.5. The van der Waals surface area contributed by atoms with Crippen molar-refractivity contribution in [3.8, 4) is 11.1 Å². The van der Waals surface area contributed by atoms with Gasteiger partial charge < -0.3 is 16.4 Å². The molecule has 0 spiro atoms. The van der Waals surface area contributed by atoms with Crippen LogP contribution in [0.5, 0.6) is 0 Å². The van der Waals surface area contributed by atoms with E-state index in [1.54, 1.807) is 18.3 Å². The third-order valence-corrected chi connectivity index (χ3v) is 7.67. The lowest BCUT2D eigenvalue weighted by Gasteiger charge is -2.22. The fraction of sp³-hybridized carbons (Fsp3) is 0.400. The SMILES string of the molecule is Nc1ncc(-c2cnn(C3CCNCC3)c2)cc1C(=O)N[C@@H]1CCN(Cc2cccc(Cl)c2Cl)C1. The summed E-state index contributed by atoms with van der Waals surface area (Å²) in [5, 5.41) is 12.2. The zero-order valence-electron chi connectivity index (χ0n) is 19.4. The standard InChI is InChI=1S/C25H29Cl2N7O/c26-22-3-1-2-16(23(22)27)13-33-9-6-19(15-33)32-25(35)21-10-17(11-30-24(21)28)18-12-31-34(14-18)20-4-7-29-8-5-20/h1-3,10-12,14,19-20,29H,4-9,13,15H2,(H2,28,30)(H,32,35)/t19-/m1/s1. The maximum absolute atomic E-state index is 13.1. The Bertz CT molecular complexity index is 1210. The molecule has 1 atom stereocenters. The van der Waals surface area contributed by atoms with Crippen LogP contribution in [0.15, 0.2) is 42.9 Å². The number of hydrogen-bond acceptors (Lipinski definition) is 6. The van der Waals surface area contributed by atoms with E-state index in [0.717, 1.165) is 62.1 Å². The van der Waals surface area contributed by atoms with Crippen molar-refractivity contribution < 1.29 is 4.79 Å². The number of carbonyl (C=O) groups excluding carboxylic acids is 1. The first-order valence-corrected chi connectivity index (χ1v) is 12.7. The van der Waals surface area contributed by atoms with Crippen LogP contribution < -0.4 is 16.4 Å². The third-order valence-electron chi connectivity index (χ3n) is 6.81. The molecule has 2 fully saturated rings. The van der Waals surface area contributed by atoms with Gasteiger partial charge in [0.05, 0.1) is 27.8 Å². The summed E-state index contributed by atoms with van der Waals surface area (Å²) < 4.78 is 2.02. The van der Waals surface area contributed by atoms with E-state index in [0.29, 0.717) is 28.2 Å². The van der Waals surface area contributed by atoms with Crippen molar-refractivity contribution >= 4 is 34.9 Å². The number of nitrogens with one attached hydrogen (secondary N) is 2. The first kappa shape index (κ1) is 24.1. The number of carbonyl (C=O) groups is 1. The van der Waals surface area contributed by atoms with Crippen LogP contribution in [0.4, 0.5) is 5.82 Å². The summed E-state index contributed by atoms with van der Waals surface area (Å²) in [5.41, 5.74) is 9.21. The summed E-state index contributed by atoms with van der Waals surface area (Å²) in [6.07, 6.45) is 8.50. The summed E-state index contributed by atoms with van der Waals surface area (Å²) in [7, 11) is 0. The van der Waals surface area contributed by atoms with Crippen LogP contribution in [0.25, 0.3) is 11.1 Å². The van der Waals surface area contributed by atoms with Crippen LogP contribution in [0.2, 0.25) is 10.0 Å². The lowest BCUT2D eigenvalue weighted by Crippen LogP contribution is -2.37. The van der Waals surface area contributed by atoms with Gasteiger partial charge in [0.2, 0.25) is 0 Å². The number of nitrogen functional groups attached to an aromatic ring is 1. The summed E-state index contributed by atoms with van der Waals surface area (Å²) in [6, 6.07) is 7.88. The highest BCUT2D eigenvalue weighted by Crippen LogP contribution is 2.28. The van der Waals surface area contributed by atoms with E-state index in [4.69, 9.17) is 28.9 Å². The van der Waals surface area contributed by atoms with Crippen molar-refractivity contribution in [3.05, 3.63) is 64.0 Å². The number of piperidine rings is 1. The molecule has 1 amide bonds. The van der Waals surface area contributed by atoms with E-state index >= 15 is 0 Å². The highest BCUT2D eigenvalue weighted by Gasteiger charge is 2.26. The predicted molar refractivity (Wildman–Crippen MR) is 139 cm³/mol. The molecule has 3 aromatic rings. The van der Waals surface area contributed by atoms with Gasteiger partial charge in [-0.1, -0.05) is 35.3 Å². The largest absolute Gasteiger partial charge is 0.383 e. The number of rotatable bonds is 6. The lowest BCUT2D eigenvalue weighted by atomic mass is 10.1. The molecule has 0 saturated carbocycles. The Morgan fingerprint density at radius 1 is 1.17 bits per heavy atom. The molecule has 8 nitrogen and oxygen atoms in total. The van der Waals surface area contributed by atoms with Gasteiger partial charge in [-0.2, -0.15) is 5.10 Å². The molecular formula is C25H29Cl2N7O. The van der Waals surface area contributed by atoms with E-state index in [9.17, 15) is 4.79 Å². The number of pyridine rings is 1. The molecule has 5 rings (SSSR count). The first-order chi connectivity index (χ1) is 17.0. The number of nitrogens with zero attached hydrogens (tertiary/aromatic N) is 4. The topological polar surface area (TPSA) is 101 Å². The molecule has 2 aliphatic heterocycles. The van der Waals surface area contributed by atoms with E-state index < -0.39 is 0 Å². The Kier molecular flexibility index (Phi) is 7.24. The van der Waals surface area contributed by atoms with Crippen LogP contribution in [-0.4, -0.2) is 57.8 Å². The highest BCUT2D eigenvalue weighted by molar-refractivity contribution is 6.42. The van der Waals surface area contributed by atoms with Gasteiger partial charge in [0.25, 0.3) is 5.91 Å². The molecule has 1 aromatic carbocycles. The molecule has 184 valence electrons. The fourth-order valence-electron chi connectivity index (χ4n) is 4.84. The van der Waals surface area contributed by atoms with Crippen molar-refractivity contribution in [2.45, 2.75) is 37.9 Å². The molecule has 0 bridgehead atoms. The lowest BCUT2D eigenvalue weighted by molar-refractivity contribution is 0.0938. The first-order valence-electron chi connectivity index (χ1n) is 11.9. The summed E-state index contributed by atoms with van der Waals surface area (Å²) >= 11 is 12.5. The Hall–Kier alpha value is -2.65. The summed E-state index contributed by atoms with van der Waals surface area (Å²) in [4.78, 5) is 19.7. The number of anilines is 1. The van der Waals surface area contributed by atoms with Crippen molar-refractivity contribution in [1.29, 1.82) is 0 Å². The minimum atomic E-state index is -0.213. The molecule has 35 heavy (non-hydrogen) atoms. The number of aromatic nitrogens is 3.